The van der Waals surface area contributed by atoms with E-state index in [9.17, 15) is 14.7 Å². The minimum Gasteiger partial charge on any atom is -0.507 e. The lowest BCUT2D eigenvalue weighted by atomic mass is 9.95. The normalized spacial score (nSPS) is 16.6. The zero-order chi connectivity index (χ0) is 27.5. The summed E-state index contributed by atoms with van der Waals surface area (Å²) in [4.78, 5) is 31.6. The number of hydrogen-bond donors (Lipinski definition) is 2. The Balaban J connectivity index is 1.55. The quantitative estimate of drug-likeness (QED) is 0.176. The highest BCUT2D eigenvalue weighted by Crippen LogP contribution is 2.40. The molecule has 1 aromatic heterocycles. The summed E-state index contributed by atoms with van der Waals surface area (Å²) in [5, 5.41) is 12.3. The van der Waals surface area contributed by atoms with Gasteiger partial charge in [-0.2, -0.15) is 0 Å². The van der Waals surface area contributed by atoms with Crippen LogP contribution < -0.4 is 14.2 Å². The number of amides is 1. The van der Waals surface area contributed by atoms with Gasteiger partial charge in [-0.1, -0.05) is 12.1 Å². The fourth-order valence-electron chi connectivity index (χ4n) is 5.03. The number of fused-ring (bicyclic) bond motifs is 1. The number of methoxy groups -OCH3 is 2. The minimum atomic E-state index is -0.786. The topological polar surface area (TPSA) is 101 Å². The maximum atomic E-state index is 13.4. The van der Waals surface area contributed by atoms with Crippen molar-refractivity contribution in [2.24, 2.45) is 0 Å². The number of nitrogens with one attached hydrogen (secondary N) is 1. The Bertz CT molecular complexity index is 1550. The SMILES string of the molecule is CCOc1ccc(/C(O)=C2/C(=O)C(=O)N(CCc3c[nH]c4ccc(OC)cc34)C2c2cccc(OC)c2)cc1. The molecular weight excluding hydrogens is 496 g/mol. The third-order valence-electron chi connectivity index (χ3n) is 6.98. The molecule has 3 aromatic carbocycles. The number of ether oxygens (including phenoxy) is 3. The number of carbonyl (C=O) groups is 2. The molecule has 1 aliphatic rings. The fraction of sp³-hybridized carbons (Fsp3) is 0.226. The van der Waals surface area contributed by atoms with Gasteiger partial charge in [0.25, 0.3) is 11.7 Å². The van der Waals surface area contributed by atoms with Gasteiger partial charge < -0.3 is 29.2 Å². The first-order valence-corrected chi connectivity index (χ1v) is 12.7. The molecule has 1 atom stereocenters. The van der Waals surface area contributed by atoms with Gasteiger partial charge in [-0.25, -0.2) is 0 Å². The Morgan fingerprint density at radius 3 is 2.38 bits per heavy atom. The maximum Gasteiger partial charge on any atom is 0.295 e. The average molecular weight is 527 g/mol. The van der Waals surface area contributed by atoms with Crippen molar-refractivity contribution in [3.8, 4) is 17.2 Å². The Morgan fingerprint density at radius 1 is 0.949 bits per heavy atom. The number of likely N-dealkylation sites (tertiary alicyclic amines) is 1. The third kappa shape index (κ3) is 4.93. The number of rotatable bonds is 9. The van der Waals surface area contributed by atoms with Crippen molar-refractivity contribution in [3.63, 3.8) is 0 Å². The number of aromatic amines is 1. The number of aliphatic hydroxyl groups excluding tert-OH is 1. The van der Waals surface area contributed by atoms with Gasteiger partial charge in [0.2, 0.25) is 0 Å². The molecule has 0 radical (unpaired) electrons. The molecule has 4 aromatic rings. The number of ketones is 1. The van der Waals surface area contributed by atoms with Crippen LogP contribution in [0.2, 0.25) is 0 Å². The van der Waals surface area contributed by atoms with E-state index in [2.05, 4.69) is 4.98 Å². The molecule has 1 fully saturated rings. The number of aliphatic hydroxyl groups is 1. The highest BCUT2D eigenvalue weighted by molar-refractivity contribution is 6.46. The van der Waals surface area contributed by atoms with Crippen LogP contribution in [0.25, 0.3) is 16.7 Å². The standard InChI is InChI=1S/C31H30N2O6/c1-4-39-22-10-8-19(9-11-22)29(34)27-28(20-6-5-7-23(16-20)37-2)33(31(36)30(27)35)15-14-21-18-32-26-13-12-24(38-3)17-25(21)26/h5-13,16-18,28,32,34H,4,14-15H2,1-3H3/b29-27-. The van der Waals surface area contributed by atoms with E-state index >= 15 is 0 Å². The Hall–Kier alpha value is -4.72. The van der Waals surface area contributed by atoms with Crippen LogP contribution in [0.4, 0.5) is 0 Å². The molecule has 8 nitrogen and oxygen atoms in total. The second-order valence-electron chi connectivity index (χ2n) is 9.20. The molecule has 2 N–H and O–H groups in total. The Labute approximate surface area is 226 Å². The monoisotopic (exact) mass is 526 g/mol. The first kappa shape index (κ1) is 25.9. The van der Waals surface area contributed by atoms with E-state index in [1.54, 1.807) is 56.7 Å². The minimum absolute atomic E-state index is 0.0398. The zero-order valence-electron chi connectivity index (χ0n) is 22.1. The van der Waals surface area contributed by atoms with Crippen LogP contribution >= 0.6 is 0 Å². The van der Waals surface area contributed by atoms with Crippen molar-refractivity contribution in [3.05, 3.63) is 95.2 Å². The molecule has 200 valence electrons. The van der Waals surface area contributed by atoms with E-state index in [0.717, 1.165) is 22.2 Å². The summed E-state index contributed by atoms with van der Waals surface area (Å²) < 4.78 is 16.3. The molecule has 8 heteroatoms. The van der Waals surface area contributed by atoms with Crippen LogP contribution in [0.1, 0.15) is 29.7 Å². The fourth-order valence-corrected chi connectivity index (χ4v) is 5.03. The third-order valence-corrected chi connectivity index (χ3v) is 6.98. The van der Waals surface area contributed by atoms with Gasteiger partial charge in [0, 0.05) is 29.2 Å². The molecule has 0 saturated carbocycles. The summed E-state index contributed by atoms with van der Waals surface area (Å²) in [6, 6.07) is 19.0. The molecule has 0 spiro atoms. The number of carbonyl (C=O) groups excluding carboxylic acids is 2. The van der Waals surface area contributed by atoms with E-state index < -0.39 is 17.7 Å². The summed E-state index contributed by atoms with van der Waals surface area (Å²) in [7, 11) is 3.17. The van der Waals surface area contributed by atoms with Crippen LogP contribution in [-0.4, -0.2) is 54.1 Å². The summed E-state index contributed by atoms with van der Waals surface area (Å²) >= 11 is 0. The zero-order valence-corrected chi connectivity index (χ0v) is 22.1. The molecule has 1 amide bonds. The van der Waals surface area contributed by atoms with E-state index in [0.29, 0.717) is 35.7 Å². The summed E-state index contributed by atoms with van der Waals surface area (Å²) in [6.07, 6.45) is 2.39. The van der Waals surface area contributed by atoms with E-state index in [-0.39, 0.29) is 17.9 Å². The van der Waals surface area contributed by atoms with Crippen molar-refractivity contribution in [2.45, 2.75) is 19.4 Å². The first-order chi connectivity index (χ1) is 18.9. The lowest BCUT2D eigenvalue weighted by molar-refractivity contribution is -0.139. The molecule has 0 aliphatic carbocycles. The van der Waals surface area contributed by atoms with Crippen LogP contribution in [0.15, 0.2) is 78.5 Å². The lowest BCUT2D eigenvalue weighted by Gasteiger charge is -2.25. The number of aromatic nitrogens is 1. The van der Waals surface area contributed by atoms with E-state index in [1.807, 2.05) is 37.4 Å². The first-order valence-electron chi connectivity index (χ1n) is 12.7. The molecule has 1 aliphatic heterocycles. The predicted octanol–water partition coefficient (Wildman–Crippen LogP) is 5.25. The molecule has 1 unspecified atom stereocenters. The molecule has 5 rings (SSSR count). The molecule has 0 bridgehead atoms. The van der Waals surface area contributed by atoms with Gasteiger partial charge in [-0.05, 0) is 79.1 Å². The smallest absolute Gasteiger partial charge is 0.295 e. The number of Topliss-reactive ketones (excluding diaryl/α,β-unsaturated/α-hetero) is 1. The van der Waals surface area contributed by atoms with Gasteiger partial charge in [-0.15, -0.1) is 0 Å². The molecule has 2 heterocycles. The van der Waals surface area contributed by atoms with Crippen molar-refractivity contribution in [2.75, 3.05) is 27.4 Å². The Morgan fingerprint density at radius 2 is 1.67 bits per heavy atom. The summed E-state index contributed by atoms with van der Waals surface area (Å²) in [5.74, 6) is 0.346. The summed E-state index contributed by atoms with van der Waals surface area (Å²) in [6.45, 7) is 2.66. The highest BCUT2D eigenvalue weighted by atomic mass is 16.5. The average Bonchev–Trinajstić information content (AvgIpc) is 3.49. The van der Waals surface area contributed by atoms with Gasteiger partial charge >= 0.3 is 0 Å². The number of benzene rings is 3. The highest BCUT2D eigenvalue weighted by Gasteiger charge is 2.46. The van der Waals surface area contributed by atoms with Crippen LogP contribution in [0, 0.1) is 0 Å². The van der Waals surface area contributed by atoms with Gasteiger partial charge in [0.05, 0.1) is 32.4 Å². The summed E-state index contributed by atoms with van der Waals surface area (Å²) in [5.41, 5.74) is 3.07. The van der Waals surface area contributed by atoms with E-state index in [1.165, 1.54) is 4.90 Å². The van der Waals surface area contributed by atoms with Crippen molar-refractivity contribution in [1.82, 2.24) is 9.88 Å². The van der Waals surface area contributed by atoms with Crippen LogP contribution in [0.5, 0.6) is 17.2 Å². The number of nitrogens with zero attached hydrogens (tertiary/aromatic N) is 1. The van der Waals surface area contributed by atoms with Gasteiger partial charge in [0.1, 0.15) is 23.0 Å². The lowest BCUT2D eigenvalue weighted by Crippen LogP contribution is -2.31. The number of hydrogen-bond acceptors (Lipinski definition) is 6. The van der Waals surface area contributed by atoms with Crippen molar-refractivity contribution in [1.29, 1.82) is 0 Å². The second-order valence-corrected chi connectivity index (χ2v) is 9.20. The Kier molecular flexibility index (Phi) is 7.27. The molecule has 39 heavy (non-hydrogen) atoms. The predicted molar refractivity (Wildman–Crippen MR) is 148 cm³/mol. The largest absolute Gasteiger partial charge is 0.507 e. The van der Waals surface area contributed by atoms with Crippen molar-refractivity contribution >= 4 is 28.4 Å². The number of H-pyrrole nitrogens is 1. The molecule has 1 saturated heterocycles. The van der Waals surface area contributed by atoms with Gasteiger partial charge in [0.15, 0.2) is 0 Å². The van der Waals surface area contributed by atoms with Crippen LogP contribution in [0.3, 0.4) is 0 Å². The second kappa shape index (κ2) is 10.9. The van der Waals surface area contributed by atoms with Crippen molar-refractivity contribution < 1.29 is 28.9 Å². The van der Waals surface area contributed by atoms with Crippen LogP contribution in [-0.2, 0) is 16.0 Å². The maximum absolute atomic E-state index is 13.4. The van der Waals surface area contributed by atoms with E-state index in [4.69, 9.17) is 14.2 Å². The molecular formula is C31H30N2O6. The van der Waals surface area contributed by atoms with Gasteiger partial charge in [-0.3, -0.25) is 9.59 Å².